The first kappa shape index (κ1) is 13.9. The van der Waals surface area contributed by atoms with Crippen LogP contribution in [0.1, 0.15) is 0 Å². The second kappa shape index (κ2) is 9.99. The Balaban J connectivity index is 2.10. The second-order valence-electron chi connectivity index (χ2n) is 3.91. The molecule has 1 saturated heterocycles. The fourth-order valence-electron chi connectivity index (χ4n) is 1.38. The fourth-order valence-corrected chi connectivity index (χ4v) is 1.38. The Kier molecular flexibility index (Phi) is 8.65. The van der Waals surface area contributed by atoms with Crippen LogP contribution in [0.3, 0.4) is 0 Å². The number of quaternary nitrogens is 1. The molecule has 1 N–H and O–H groups in total. The molecule has 0 saturated carbocycles. The van der Waals surface area contributed by atoms with E-state index in [0.717, 1.165) is 26.3 Å². The van der Waals surface area contributed by atoms with Gasteiger partial charge in [-0.25, -0.2) is 0 Å². The molecule has 0 aromatic rings. The molecule has 16 heavy (non-hydrogen) atoms. The molecule has 5 heteroatoms. The predicted octanol–water partition coefficient (Wildman–Crippen LogP) is -1.42. The van der Waals surface area contributed by atoms with Crippen LogP contribution >= 0.6 is 0 Å². The van der Waals surface area contributed by atoms with Gasteiger partial charge in [0.2, 0.25) is 0 Å². The molecule has 0 aromatic carbocycles. The Bertz CT molecular complexity index is 141. The molecular weight excluding hydrogens is 210 g/mol. The van der Waals surface area contributed by atoms with Gasteiger partial charge in [-0.2, -0.15) is 0 Å². The molecular formula is C11H24NO4+. The maximum absolute atomic E-state index is 5.45. The third-order valence-electron chi connectivity index (χ3n) is 2.46. The van der Waals surface area contributed by atoms with Crippen LogP contribution in [0.15, 0.2) is 0 Å². The first-order valence-corrected chi connectivity index (χ1v) is 6.02. The first-order valence-electron chi connectivity index (χ1n) is 6.02. The van der Waals surface area contributed by atoms with E-state index in [1.807, 2.05) is 0 Å². The summed E-state index contributed by atoms with van der Waals surface area (Å²) >= 11 is 0. The highest BCUT2D eigenvalue weighted by molar-refractivity contribution is 4.36. The van der Waals surface area contributed by atoms with Crippen molar-refractivity contribution in [3.8, 4) is 0 Å². The topological polar surface area (TPSA) is 41.4 Å². The lowest BCUT2D eigenvalue weighted by atomic mass is 10.5. The molecule has 96 valence electrons. The number of rotatable bonds is 0. The third kappa shape index (κ3) is 8.01. The lowest BCUT2D eigenvalue weighted by Gasteiger charge is -2.13. The Morgan fingerprint density at radius 2 is 0.875 bits per heavy atom. The van der Waals surface area contributed by atoms with Gasteiger partial charge < -0.3 is 23.8 Å². The van der Waals surface area contributed by atoms with Gasteiger partial charge in [-0.3, -0.25) is 0 Å². The average molecular weight is 234 g/mol. The van der Waals surface area contributed by atoms with E-state index in [1.54, 1.807) is 0 Å². The molecule has 0 radical (unpaired) electrons. The molecule has 0 aromatic heterocycles. The predicted molar refractivity (Wildman–Crippen MR) is 59.9 cm³/mol. The summed E-state index contributed by atoms with van der Waals surface area (Å²) in [6.45, 7) is 7.51. The van der Waals surface area contributed by atoms with Gasteiger partial charge in [0.1, 0.15) is 13.1 Å². The van der Waals surface area contributed by atoms with Gasteiger partial charge in [0, 0.05) is 0 Å². The minimum absolute atomic E-state index is 0.633. The van der Waals surface area contributed by atoms with Crippen molar-refractivity contribution in [2.75, 3.05) is 73.0 Å². The SMILES string of the molecule is C[NH+]1CCOCCOCCOCCOCC1. The number of hydrogen-bond donors (Lipinski definition) is 1. The van der Waals surface area contributed by atoms with Crippen LogP contribution < -0.4 is 4.90 Å². The molecule has 0 bridgehead atoms. The number of ether oxygens (including phenoxy) is 4. The van der Waals surface area contributed by atoms with Crippen molar-refractivity contribution >= 4 is 0 Å². The van der Waals surface area contributed by atoms with Gasteiger partial charge in [0.05, 0.1) is 59.9 Å². The normalized spacial score (nSPS) is 24.6. The van der Waals surface area contributed by atoms with Gasteiger partial charge in [0.15, 0.2) is 0 Å². The largest absolute Gasteiger partial charge is 0.377 e. The summed E-state index contributed by atoms with van der Waals surface area (Å²) in [5.74, 6) is 0. The van der Waals surface area contributed by atoms with Crippen molar-refractivity contribution in [3.63, 3.8) is 0 Å². The Morgan fingerprint density at radius 3 is 1.25 bits per heavy atom. The van der Waals surface area contributed by atoms with Gasteiger partial charge in [-0.15, -0.1) is 0 Å². The standard InChI is InChI=1S/C11H23NO4/c1-12-2-4-13-6-8-15-10-11-16-9-7-14-5-3-12/h2-11H2,1H3/p+1. The summed E-state index contributed by atoms with van der Waals surface area (Å²) in [5, 5.41) is 0. The van der Waals surface area contributed by atoms with Gasteiger partial charge in [-0.1, -0.05) is 0 Å². The molecule has 1 fully saturated rings. The highest BCUT2D eigenvalue weighted by atomic mass is 16.6. The van der Waals surface area contributed by atoms with Crippen molar-refractivity contribution in [1.29, 1.82) is 0 Å². The third-order valence-corrected chi connectivity index (χ3v) is 2.46. The zero-order valence-electron chi connectivity index (χ0n) is 10.2. The van der Waals surface area contributed by atoms with Crippen LogP contribution in [-0.4, -0.2) is 73.0 Å². The lowest BCUT2D eigenvalue weighted by molar-refractivity contribution is -0.880. The first-order chi connectivity index (χ1) is 7.89. The summed E-state index contributed by atoms with van der Waals surface area (Å²) in [6.07, 6.45) is 0. The van der Waals surface area contributed by atoms with E-state index in [-0.39, 0.29) is 0 Å². The van der Waals surface area contributed by atoms with Crippen molar-refractivity contribution < 1.29 is 23.8 Å². The molecule has 0 unspecified atom stereocenters. The van der Waals surface area contributed by atoms with Crippen molar-refractivity contribution in [2.24, 2.45) is 0 Å². The maximum atomic E-state index is 5.45. The maximum Gasteiger partial charge on any atom is 0.101 e. The summed E-state index contributed by atoms with van der Waals surface area (Å²) in [7, 11) is 2.15. The highest BCUT2D eigenvalue weighted by Gasteiger charge is 2.02. The van der Waals surface area contributed by atoms with Crippen LogP contribution in [0.2, 0.25) is 0 Å². The number of hydrogen-bond acceptors (Lipinski definition) is 4. The Labute approximate surface area is 97.6 Å². The monoisotopic (exact) mass is 234 g/mol. The Hall–Kier alpha value is -0.200. The van der Waals surface area contributed by atoms with Crippen molar-refractivity contribution in [1.82, 2.24) is 0 Å². The zero-order valence-corrected chi connectivity index (χ0v) is 10.2. The molecule has 0 amide bonds. The van der Waals surface area contributed by atoms with Crippen LogP contribution in [0.4, 0.5) is 0 Å². The van der Waals surface area contributed by atoms with E-state index in [2.05, 4.69) is 7.05 Å². The zero-order chi connectivity index (χ0) is 11.5. The molecule has 0 aliphatic carbocycles. The highest BCUT2D eigenvalue weighted by Crippen LogP contribution is 1.82. The summed E-state index contributed by atoms with van der Waals surface area (Å²) in [5.41, 5.74) is 0. The lowest BCUT2D eigenvalue weighted by Crippen LogP contribution is -3.10. The fraction of sp³-hybridized carbons (Fsp3) is 1.00. The number of likely N-dealkylation sites (N-methyl/N-ethyl adjacent to an activating group) is 1. The minimum Gasteiger partial charge on any atom is -0.377 e. The summed E-state index contributed by atoms with van der Waals surface area (Å²) in [4.78, 5) is 1.43. The van der Waals surface area contributed by atoms with Crippen LogP contribution in [0.25, 0.3) is 0 Å². The molecule has 1 rings (SSSR count). The van der Waals surface area contributed by atoms with Gasteiger partial charge >= 0.3 is 0 Å². The molecule has 5 nitrogen and oxygen atoms in total. The number of nitrogens with one attached hydrogen (secondary N) is 1. The van der Waals surface area contributed by atoms with Gasteiger partial charge in [-0.05, 0) is 0 Å². The van der Waals surface area contributed by atoms with Crippen molar-refractivity contribution in [3.05, 3.63) is 0 Å². The second-order valence-corrected chi connectivity index (χ2v) is 3.91. The van der Waals surface area contributed by atoms with Gasteiger partial charge in [0.25, 0.3) is 0 Å². The van der Waals surface area contributed by atoms with Crippen LogP contribution in [-0.2, 0) is 18.9 Å². The van der Waals surface area contributed by atoms with Crippen molar-refractivity contribution in [2.45, 2.75) is 0 Å². The molecule has 0 atom stereocenters. The van der Waals surface area contributed by atoms with E-state index in [0.29, 0.717) is 39.6 Å². The quantitative estimate of drug-likeness (QED) is 0.559. The molecule has 0 spiro atoms. The van der Waals surface area contributed by atoms with E-state index in [1.165, 1.54) is 4.90 Å². The molecule has 1 aliphatic rings. The smallest absolute Gasteiger partial charge is 0.101 e. The van der Waals surface area contributed by atoms with E-state index in [4.69, 9.17) is 18.9 Å². The van der Waals surface area contributed by atoms with E-state index in [9.17, 15) is 0 Å². The Morgan fingerprint density at radius 1 is 0.562 bits per heavy atom. The van der Waals surface area contributed by atoms with E-state index >= 15 is 0 Å². The molecule has 1 heterocycles. The van der Waals surface area contributed by atoms with E-state index < -0.39 is 0 Å². The average Bonchev–Trinajstić information content (AvgIpc) is 2.29. The summed E-state index contributed by atoms with van der Waals surface area (Å²) in [6, 6.07) is 0. The van der Waals surface area contributed by atoms with Crippen LogP contribution in [0.5, 0.6) is 0 Å². The van der Waals surface area contributed by atoms with Crippen LogP contribution in [0, 0.1) is 0 Å². The summed E-state index contributed by atoms with van der Waals surface area (Å²) < 4.78 is 21.6. The molecule has 1 aliphatic heterocycles. The minimum atomic E-state index is 0.633.